The fourth-order valence-electron chi connectivity index (χ4n) is 0.632. The first-order valence-corrected chi connectivity index (χ1v) is 4.18. The lowest BCUT2D eigenvalue weighted by molar-refractivity contribution is 0.0525. The van der Waals surface area contributed by atoms with Crippen LogP contribution in [-0.2, 0) is 4.74 Å². The third-order valence-corrected chi connectivity index (χ3v) is 1.54. The van der Waals surface area contributed by atoms with E-state index >= 15 is 0 Å². The second kappa shape index (κ2) is 4.15. The van der Waals surface area contributed by atoms with E-state index in [0.29, 0.717) is 16.9 Å². The number of esters is 1. The van der Waals surface area contributed by atoms with E-state index in [1.165, 1.54) is 12.4 Å². The Morgan fingerprint density at radius 1 is 1.58 bits per heavy atom. The Hall–Kier alpha value is -0.970. The van der Waals surface area contributed by atoms with Gasteiger partial charge in [0.2, 0.25) is 0 Å². The lowest BCUT2D eigenvalue weighted by Gasteiger charge is -1.99. The second-order valence-corrected chi connectivity index (χ2v) is 2.67. The van der Waals surface area contributed by atoms with E-state index in [1.807, 2.05) is 0 Å². The molecule has 0 aliphatic rings. The highest BCUT2D eigenvalue weighted by Crippen LogP contribution is 2.02. The van der Waals surface area contributed by atoms with Gasteiger partial charge >= 0.3 is 5.97 Å². The molecule has 64 valence electrons. The molecule has 4 nitrogen and oxygen atoms in total. The van der Waals surface area contributed by atoms with E-state index in [9.17, 15) is 4.79 Å². The highest BCUT2D eigenvalue weighted by Gasteiger charge is 2.05. The monoisotopic (exact) mass is 230 g/mol. The largest absolute Gasteiger partial charge is 0.462 e. The molecule has 1 aromatic heterocycles. The van der Waals surface area contributed by atoms with Crippen molar-refractivity contribution in [2.24, 2.45) is 0 Å². The Morgan fingerprint density at radius 3 is 2.67 bits per heavy atom. The summed E-state index contributed by atoms with van der Waals surface area (Å²) < 4.78 is 5.19. The third-order valence-electron chi connectivity index (χ3n) is 1.13. The lowest BCUT2D eigenvalue weighted by Crippen LogP contribution is -2.05. The van der Waals surface area contributed by atoms with E-state index < -0.39 is 5.97 Å². The molecule has 0 unspecified atom stereocenters. The maximum atomic E-state index is 11.0. The van der Waals surface area contributed by atoms with Gasteiger partial charge < -0.3 is 4.74 Å². The molecule has 1 aromatic rings. The summed E-state index contributed by atoms with van der Waals surface area (Å²) in [5, 5.41) is 0. The molecule has 12 heavy (non-hydrogen) atoms. The van der Waals surface area contributed by atoms with Crippen LogP contribution in [-0.4, -0.2) is 22.5 Å². The SMILES string of the molecule is CCOC(=O)c1cnc(Br)nc1. The molecule has 0 amide bonds. The molecule has 0 aromatic carbocycles. The number of rotatable bonds is 2. The van der Waals surface area contributed by atoms with Crippen molar-refractivity contribution in [3.63, 3.8) is 0 Å². The average Bonchev–Trinajstić information content (AvgIpc) is 2.06. The summed E-state index contributed by atoms with van der Waals surface area (Å²) in [6, 6.07) is 0. The fourth-order valence-corrected chi connectivity index (χ4v) is 0.837. The topological polar surface area (TPSA) is 52.1 Å². The van der Waals surface area contributed by atoms with Gasteiger partial charge in [-0.1, -0.05) is 0 Å². The first-order valence-electron chi connectivity index (χ1n) is 3.38. The van der Waals surface area contributed by atoms with Gasteiger partial charge in [0.05, 0.1) is 12.2 Å². The van der Waals surface area contributed by atoms with Gasteiger partial charge in [-0.15, -0.1) is 0 Å². The van der Waals surface area contributed by atoms with Gasteiger partial charge in [0, 0.05) is 12.4 Å². The number of halogens is 1. The molecule has 0 saturated heterocycles. The van der Waals surface area contributed by atoms with Crippen LogP contribution in [0.25, 0.3) is 0 Å². The van der Waals surface area contributed by atoms with E-state index in [1.54, 1.807) is 6.92 Å². The van der Waals surface area contributed by atoms with Gasteiger partial charge in [-0.25, -0.2) is 14.8 Å². The van der Waals surface area contributed by atoms with Crippen LogP contribution in [0.4, 0.5) is 0 Å². The number of carbonyl (C=O) groups is 1. The predicted octanol–water partition coefficient (Wildman–Crippen LogP) is 1.42. The van der Waals surface area contributed by atoms with E-state index in [0.717, 1.165) is 0 Å². The van der Waals surface area contributed by atoms with E-state index in [-0.39, 0.29) is 0 Å². The number of nitrogens with zero attached hydrogens (tertiary/aromatic N) is 2. The lowest BCUT2D eigenvalue weighted by atomic mass is 10.3. The molecular formula is C7H7BrN2O2. The number of ether oxygens (including phenoxy) is 1. The minimum absolute atomic E-state index is 0.356. The molecule has 1 heterocycles. The van der Waals surface area contributed by atoms with E-state index in [4.69, 9.17) is 4.74 Å². The van der Waals surface area contributed by atoms with Crippen molar-refractivity contribution < 1.29 is 9.53 Å². The summed E-state index contributed by atoms with van der Waals surface area (Å²) in [5.74, 6) is -0.398. The van der Waals surface area contributed by atoms with Crippen molar-refractivity contribution in [2.75, 3.05) is 6.61 Å². The zero-order valence-electron chi connectivity index (χ0n) is 6.45. The molecule has 0 aliphatic carbocycles. The van der Waals surface area contributed by atoms with Crippen LogP contribution in [0, 0.1) is 0 Å². The molecule has 0 radical (unpaired) electrons. The summed E-state index contributed by atoms with van der Waals surface area (Å²) in [4.78, 5) is 18.6. The fraction of sp³-hybridized carbons (Fsp3) is 0.286. The summed E-state index contributed by atoms with van der Waals surface area (Å²) in [5.41, 5.74) is 0.361. The first-order chi connectivity index (χ1) is 5.74. The third kappa shape index (κ3) is 2.27. The van der Waals surface area contributed by atoms with Gasteiger partial charge in [-0.05, 0) is 22.9 Å². The van der Waals surface area contributed by atoms with E-state index in [2.05, 4.69) is 25.9 Å². The Bertz CT molecular complexity index is 273. The number of carbonyl (C=O) groups excluding carboxylic acids is 1. The molecule has 0 atom stereocenters. The predicted molar refractivity (Wildman–Crippen MR) is 45.7 cm³/mol. The molecule has 0 saturated carbocycles. The molecule has 0 N–H and O–H groups in total. The highest BCUT2D eigenvalue weighted by atomic mass is 79.9. The highest BCUT2D eigenvalue weighted by molar-refractivity contribution is 9.10. The quantitative estimate of drug-likeness (QED) is 0.570. The zero-order valence-corrected chi connectivity index (χ0v) is 8.04. The van der Waals surface area contributed by atoms with Crippen molar-refractivity contribution in [3.05, 3.63) is 22.7 Å². The minimum atomic E-state index is -0.398. The van der Waals surface area contributed by atoms with Gasteiger partial charge in [-0.2, -0.15) is 0 Å². The number of aromatic nitrogens is 2. The van der Waals surface area contributed by atoms with Gasteiger partial charge in [0.15, 0.2) is 4.73 Å². The number of hydrogen-bond donors (Lipinski definition) is 0. The van der Waals surface area contributed by atoms with Crippen LogP contribution in [0.15, 0.2) is 17.1 Å². The molecule has 1 rings (SSSR count). The van der Waals surface area contributed by atoms with Crippen LogP contribution >= 0.6 is 15.9 Å². The Balaban J connectivity index is 2.75. The zero-order chi connectivity index (χ0) is 8.97. The Kier molecular flexibility index (Phi) is 3.16. The van der Waals surface area contributed by atoms with Crippen LogP contribution < -0.4 is 0 Å². The van der Waals surface area contributed by atoms with Gasteiger partial charge in [-0.3, -0.25) is 0 Å². The minimum Gasteiger partial charge on any atom is -0.462 e. The van der Waals surface area contributed by atoms with Crippen molar-refractivity contribution in [1.82, 2.24) is 9.97 Å². The van der Waals surface area contributed by atoms with Crippen LogP contribution in [0.1, 0.15) is 17.3 Å². The summed E-state index contributed by atoms with van der Waals surface area (Å²) >= 11 is 3.06. The smallest absolute Gasteiger partial charge is 0.341 e. The summed E-state index contributed by atoms with van der Waals surface area (Å²) in [6.07, 6.45) is 2.82. The number of hydrogen-bond acceptors (Lipinski definition) is 4. The second-order valence-electron chi connectivity index (χ2n) is 1.96. The molecule has 0 aliphatic heterocycles. The van der Waals surface area contributed by atoms with Crippen molar-refractivity contribution >= 4 is 21.9 Å². The first kappa shape index (κ1) is 9.12. The normalized spacial score (nSPS) is 9.50. The standard InChI is InChI=1S/C7H7BrN2O2/c1-2-12-6(11)5-3-9-7(8)10-4-5/h3-4H,2H2,1H3. The summed E-state index contributed by atoms with van der Waals surface area (Å²) in [7, 11) is 0. The Morgan fingerprint density at radius 2 is 2.17 bits per heavy atom. The maximum absolute atomic E-state index is 11.0. The maximum Gasteiger partial charge on any atom is 0.341 e. The van der Waals surface area contributed by atoms with Crippen molar-refractivity contribution in [2.45, 2.75) is 6.92 Å². The van der Waals surface area contributed by atoms with Crippen LogP contribution in [0.3, 0.4) is 0 Å². The molecule has 5 heteroatoms. The molecule has 0 fully saturated rings. The van der Waals surface area contributed by atoms with Crippen molar-refractivity contribution in [1.29, 1.82) is 0 Å². The van der Waals surface area contributed by atoms with Gasteiger partial charge in [0.25, 0.3) is 0 Å². The molecular weight excluding hydrogens is 224 g/mol. The molecule has 0 bridgehead atoms. The Labute approximate surface area is 78.1 Å². The summed E-state index contributed by atoms with van der Waals surface area (Å²) in [6.45, 7) is 2.10. The molecule has 0 spiro atoms. The van der Waals surface area contributed by atoms with Crippen LogP contribution in [0.2, 0.25) is 0 Å². The van der Waals surface area contributed by atoms with Gasteiger partial charge in [0.1, 0.15) is 0 Å². The van der Waals surface area contributed by atoms with Crippen molar-refractivity contribution in [3.8, 4) is 0 Å². The van der Waals surface area contributed by atoms with Crippen LogP contribution in [0.5, 0.6) is 0 Å². The average molecular weight is 231 g/mol.